The summed E-state index contributed by atoms with van der Waals surface area (Å²) in [6.07, 6.45) is -3.23. The van der Waals surface area contributed by atoms with Gasteiger partial charge in [0, 0.05) is 26.2 Å². The van der Waals surface area contributed by atoms with Gasteiger partial charge >= 0.3 is 6.18 Å². The van der Waals surface area contributed by atoms with Crippen LogP contribution in [0.4, 0.5) is 24.7 Å². The Morgan fingerprint density at radius 3 is 2.71 bits per heavy atom. The lowest BCUT2D eigenvalue weighted by Gasteiger charge is -2.32. The zero-order chi connectivity index (χ0) is 20.5. The van der Waals surface area contributed by atoms with Gasteiger partial charge in [-0.2, -0.15) is 18.3 Å². The van der Waals surface area contributed by atoms with Crippen molar-refractivity contribution in [1.29, 1.82) is 0 Å². The normalized spacial score (nSPS) is 17.5. The van der Waals surface area contributed by atoms with Gasteiger partial charge in [-0.25, -0.2) is 4.68 Å². The van der Waals surface area contributed by atoms with Gasteiger partial charge in [-0.15, -0.1) is 0 Å². The standard InChI is InChI=1S/C18H18ClF3N4O2/c1-25-16(27)7-6-15(24-25)26-8-2-3-11(10-26)17(28)23-14-9-12(18(20,21)22)4-5-13(14)19/h4-7,9,11H,2-3,8,10H2,1H3,(H,23,28). The average molecular weight is 415 g/mol. The van der Waals surface area contributed by atoms with E-state index < -0.39 is 23.6 Å². The second-order valence-corrected chi connectivity index (χ2v) is 7.03. The van der Waals surface area contributed by atoms with Crippen molar-refractivity contribution in [1.82, 2.24) is 9.78 Å². The highest BCUT2D eigenvalue weighted by Crippen LogP contribution is 2.34. The van der Waals surface area contributed by atoms with E-state index in [9.17, 15) is 22.8 Å². The minimum Gasteiger partial charge on any atom is -0.354 e. The summed E-state index contributed by atoms with van der Waals surface area (Å²) >= 11 is 5.95. The van der Waals surface area contributed by atoms with Crippen LogP contribution in [0.2, 0.25) is 5.02 Å². The van der Waals surface area contributed by atoms with Crippen LogP contribution in [0, 0.1) is 5.92 Å². The van der Waals surface area contributed by atoms with Gasteiger partial charge in [-0.05, 0) is 37.1 Å². The third kappa shape index (κ3) is 4.46. The number of piperidine rings is 1. The first-order valence-electron chi connectivity index (χ1n) is 8.62. The van der Waals surface area contributed by atoms with Crippen molar-refractivity contribution < 1.29 is 18.0 Å². The molecule has 2 heterocycles. The van der Waals surface area contributed by atoms with Gasteiger partial charge in [0.2, 0.25) is 5.91 Å². The molecule has 0 saturated carbocycles. The highest BCUT2D eigenvalue weighted by molar-refractivity contribution is 6.33. The predicted molar refractivity (Wildman–Crippen MR) is 99.5 cm³/mol. The highest BCUT2D eigenvalue weighted by atomic mass is 35.5. The molecular formula is C18H18ClF3N4O2. The van der Waals surface area contributed by atoms with Crippen molar-refractivity contribution in [2.75, 3.05) is 23.3 Å². The summed E-state index contributed by atoms with van der Waals surface area (Å²) in [6, 6.07) is 5.79. The number of benzene rings is 1. The Labute approximate surface area is 163 Å². The Morgan fingerprint density at radius 2 is 2.04 bits per heavy atom. The Hall–Kier alpha value is -2.55. The molecule has 1 aromatic heterocycles. The molecule has 10 heteroatoms. The monoisotopic (exact) mass is 414 g/mol. The van der Waals surface area contributed by atoms with E-state index in [4.69, 9.17) is 11.6 Å². The van der Waals surface area contributed by atoms with Crippen molar-refractivity contribution in [2.45, 2.75) is 19.0 Å². The van der Waals surface area contributed by atoms with Gasteiger partial charge < -0.3 is 10.2 Å². The number of halogens is 4. The summed E-state index contributed by atoms with van der Waals surface area (Å²) in [4.78, 5) is 26.0. The van der Waals surface area contributed by atoms with Crippen LogP contribution in [0.1, 0.15) is 18.4 Å². The Morgan fingerprint density at radius 1 is 1.29 bits per heavy atom. The molecule has 1 aliphatic rings. The van der Waals surface area contributed by atoms with Crippen LogP contribution in [0.25, 0.3) is 0 Å². The molecule has 0 spiro atoms. The number of aryl methyl sites for hydroxylation is 1. The molecule has 1 amide bonds. The molecule has 1 atom stereocenters. The number of alkyl halides is 3. The molecule has 6 nitrogen and oxygen atoms in total. The molecule has 150 valence electrons. The molecule has 1 aliphatic heterocycles. The summed E-state index contributed by atoms with van der Waals surface area (Å²) in [5.41, 5.74) is -1.19. The number of hydrogen-bond donors (Lipinski definition) is 1. The molecule has 1 fully saturated rings. The summed E-state index contributed by atoms with van der Waals surface area (Å²) in [5, 5.41) is 6.73. The van der Waals surface area contributed by atoms with Crippen LogP contribution in [0.3, 0.4) is 0 Å². The second-order valence-electron chi connectivity index (χ2n) is 6.62. The Kier molecular flexibility index (Phi) is 5.64. The van der Waals surface area contributed by atoms with Crippen molar-refractivity contribution in [3.05, 3.63) is 51.3 Å². The summed E-state index contributed by atoms with van der Waals surface area (Å²) < 4.78 is 39.9. The van der Waals surface area contributed by atoms with Crippen LogP contribution in [0.5, 0.6) is 0 Å². The first-order valence-corrected chi connectivity index (χ1v) is 9.00. The summed E-state index contributed by atoms with van der Waals surface area (Å²) in [7, 11) is 1.54. The maximum Gasteiger partial charge on any atom is 0.416 e. The van der Waals surface area contributed by atoms with E-state index >= 15 is 0 Å². The fourth-order valence-corrected chi connectivity index (χ4v) is 3.25. The number of anilines is 2. The summed E-state index contributed by atoms with van der Waals surface area (Å²) in [5.74, 6) is -0.286. The highest BCUT2D eigenvalue weighted by Gasteiger charge is 2.32. The second kappa shape index (κ2) is 7.83. The third-order valence-corrected chi connectivity index (χ3v) is 4.94. The topological polar surface area (TPSA) is 67.2 Å². The van der Waals surface area contributed by atoms with Crippen LogP contribution < -0.4 is 15.8 Å². The zero-order valence-electron chi connectivity index (χ0n) is 15.0. The van der Waals surface area contributed by atoms with Crippen molar-refractivity contribution >= 4 is 29.0 Å². The van der Waals surface area contributed by atoms with Crippen LogP contribution in [0.15, 0.2) is 35.1 Å². The number of amides is 1. The predicted octanol–water partition coefficient (Wildman–Crippen LogP) is 3.31. The van der Waals surface area contributed by atoms with Gasteiger partial charge in [0.05, 0.1) is 22.2 Å². The van der Waals surface area contributed by atoms with Gasteiger partial charge in [-0.3, -0.25) is 9.59 Å². The largest absolute Gasteiger partial charge is 0.416 e. The zero-order valence-corrected chi connectivity index (χ0v) is 15.7. The van der Waals surface area contributed by atoms with E-state index in [1.165, 1.54) is 17.8 Å². The number of rotatable bonds is 3. The van der Waals surface area contributed by atoms with Gasteiger partial charge in [0.25, 0.3) is 5.56 Å². The van der Waals surface area contributed by atoms with Crippen LogP contribution >= 0.6 is 11.6 Å². The fraction of sp³-hybridized carbons (Fsp3) is 0.389. The van der Waals surface area contributed by atoms with E-state index in [1.54, 1.807) is 6.07 Å². The van der Waals surface area contributed by atoms with Gasteiger partial charge in [-0.1, -0.05) is 11.6 Å². The molecule has 0 radical (unpaired) electrons. The van der Waals surface area contributed by atoms with Gasteiger partial charge in [0.15, 0.2) is 0 Å². The molecule has 3 rings (SSSR count). The molecule has 2 aromatic rings. The number of nitrogens with one attached hydrogen (secondary N) is 1. The number of carbonyl (C=O) groups is 1. The molecule has 0 aliphatic carbocycles. The Balaban J connectivity index is 1.74. The molecule has 1 N–H and O–H groups in total. The maximum absolute atomic E-state index is 12.9. The molecular weight excluding hydrogens is 397 g/mol. The first-order chi connectivity index (χ1) is 13.1. The SMILES string of the molecule is Cn1nc(N2CCCC(C(=O)Nc3cc(C(F)(F)F)ccc3Cl)C2)ccc1=O. The van der Waals surface area contributed by atoms with Crippen LogP contribution in [-0.4, -0.2) is 28.8 Å². The minimum absolute atomic E-state index is 0.0359. The van der Waals surface area contributed by atoms with Gasteiger partial charge in [0.1, 0.15) is 5.82 Å². The van der Waals surface area contributed by atoms with E-state index in [0.29, 0.717) is 31.7 Å². The number of aromatic nitrogens is 2. The quantitative estimate of drug-likeness (QED) is 0.836. The smallest absolute Gasteiger partial charge is 0.354 e. The lowest BCUT2D eigenvalue weighted by Crippen LogP contribution is -2.41. The number of nitrogens with zero attached hydrogens (tertiary/aromatic N) is 3. The van der Waals surface area contributed by atoms with Crippen LogP contribution in [-0.2, 0) is 18.0 Å². The first kappa shape index (κ1) is 20.2. The Bertz CT molecular complexity index is 945. The lowest BCUT2D eigenvalue weighted by molar-refractivity contribution is -0.137. The lowest BCUT2D eigenvalue weighted by atomic mass is 9.97. The van der Waals surface area contributed by atoms with E-state index in [0.717, 1.165) is 18.2 Å². The van der Waals surface area contributed by atoms with Crippen molar-refractivity contribution in [3.8, 4) is 0 Å². The maximum atomic E-state index is 12.9. The molecule has 28 heavy (non-hydrogen) atoms. The molecule has 1 aromatic carbocycles. The molecule has 1 saturated heterocycles. The van der Waals surface area contributed by atoms with E-state index in [2.05, 4.69) is 10.4 Å². The number of carbonyl (C=O) groups excluding carboxylic acids is 1. The summed E-state index contributed by atoms with van der Waals surface area (Å²) in [6.45, 7) is 1.01. The average Bonchev–Trinajstić information content (AvgIpc) is 2.65. The third-order valence-electron chi connectivity index (χ3n) is 4.61. The number of hydrogen-bond acceptors (Lipinski definition) is 4. The van der Waals surface area contributed by atoms with E-state index in [1.807, 2.05) is 4.90 Å². The fourth-order valence-electron chi connectivity index (χ4n) is 3.09. The van der Waals surface area contributed by atoms with E-state index in [-0.39, 0.29) is 16.3 Å². The van der Waals surface area contributed by atoms with Crippen molar-refractivity contribution in [3.63, 3.8) is 0 Å². The molecule has 0 bridgehead atoms. The molecule has 1 unspecified atom stereocenters. The minimum atomic E-state index is -4.53. The van der Waals surface area contributed by atoms with Crippen molar-refractivity contribution in [2.24, 2.45) is 13.0 Å².